The number of aliphatic hydroxyl groups excluding tert-OH is 1. The number of hydrogen-bond donors (Lipinski definition) is 2. The molecular weight excluding hydrogens is 304 g/mol. The number of rotatable bonds is 5. The van der Waals surface area contributed by atoms with Crippen LogP contribution >= 0.6 is 0 Å². The summed E-state index contributed by atoms with van der Waals surface area (Å²) in [4.78, 5) is 11.9. The number of nitrogens with zero attached hydrogens (tertiary/aromatic N) is 3. The Morgan fingerprint density at radius 1 is 1.25 bits per heavy atom. The third-order valence-electron chi connectivity index (χ3n) is 5.77. The maximum Gasteiger partial charge on any atom is 0.318 e. The predicted molar refractivity (Wildman–Crippen MR) is 92.1 cm³/mol. The van der Waals surface area contributed by atoms with Crippen LogP contribution in [-0.4, -0.2) is 40.9 Å². The molecule has 1 saturated carbocycles. The first-order chi connectivity index (χ1) is 11.7. The predicted octanol–water partition coefficient (Wildman–Crippen LogP) is 2.00. The van der Waals surface area contributed by atoms with Crippen LogP contribution in [0, 0.1) is 5.41 Å². The Bertz CT molecular complexity index is 603. The van der Waals surface area contributed by atoms with Crippen LogP contribution in [0.3, 0.4) is 0 Å². The summed E-state index contributed by atoms with van der Waals surface area (Å²) in [5.41, 5.74) is 2.26. The third kappa shape index (κ3) is 3.09. The molecule has 1 unspecified atom stereocenters. The molecule has 24 heavy (non-hydrogen) atoms. The molecule has 2 N–H and O–H groups in total. The van der Waals surface area contributed by atoms with Gasteiger partial charge in [0.25, 0.3) is 0 Å². The van der Waals surface area contributed by atoms with E-state index in [-0.39, 0.29) is 12.0 Å². The number of aliphatic hydroxyl groups is 1. The number of anilines is 1. The number of nitrogens with one attached hydrogen (secondary N) is 1. The van der Waals surface area contributed by atoms with Gasteiger partial charge >= 0.3 is 6.01 Å². The second kappa shape index (κ2) is 6.48. The van der Waals surface area contributed by atoms with Crippen molar-refractivity contribution in [1.82, 2.24) is 15.3 Å². The highest BCUT2D eigenvalue weighted by Gasteiger charge is 2.43. The fourth-order valence-corrected chi connectivity index (χ4v) is 3.76. The monoisotopic (exact) mass is 332 g/mol. The lowest BCUT2D eigenvalue weighted by molar-refractivity contribution is 0.140. The fourth-order valence-electron chi connectivity index (χ4n) is 3.76. The highest BCUT2D eigenvalue weighted by Crippen LogP contribution is 2.45. The van der Waals surface area contributed by atoms with Crippen LogP contribution in [0.4, 0.5) is 5.82 Å². The molecule has 2 fully saturated rings. The summed E-state index contributed by atoms with van der Waals surface area (Å²) in [6, 6.07) is 0.982. The molecule has 3 aliphatic rings. The van der Waals surface area contributed by atoms with Gasteiger partial charge in [0, 0.05) is 36.7 Å². The Hall–Kier alpha value is -1.40. The van der Waals surface area contributed by atoms with E-state index in [4.69, 9.17) is 9.72 Å². The van der Waals surface area contributed by atoms with Crippen molar-refractivity contribution >= 4 is 5.82 Å². The second-order valence-electron chi connectivity index (χ2n) is 7.70. The molecule has 1 aromatic rings. The van der Waals surface area contributed by atoms with Gasteiger partial charge in [-0.3, -0.25) is 0 Å². The Balaban J connectivity index is 1.60. The van der Waals surface area contributed by atoms with E-state index >= 15 is 0 Å². The molecule has 6 heteroatoms. The zero-order valence-corrected chi connectivity index (χ0v) is 14.6. The van der Waals surface area contributed by atoms with Crippen LogP contribution in [0.5, 0.6) is 6.01 Å². The summed E-state index contributed by atoms with van der Waals surface area (Å²) < 4.78 is 5.91. The number of hydrogen-bond acceptors (Lipinski definition) is 6. The van der Waals surface area contributed by atoms with Gasteiger partial charge in [-0.25, -0.2) is 0 Å². The molecule has 1 saturated heterocycles. The first-order valence-corrected chi connectivity index (χ1v) is 9.32. The minimum Gasteiger partial charge on any atom is -0.463 e. The minimum atomic E-state index is -0.0450. The van der Waals surface area contributed by atoms with Crippen LogP contribution in [0.15, 0.2) is 0 Å². The number of aromatic nitrogens is 2. The second-order valence-corrected chi connectivity index (χ2v) is 7.70. The molecular formula is C18H28N4O2. The molecule has 2 aliphatic heterocycles. The molecule has 0 radical (unpaired) electrons. The summed E-state index contributed by atoms with van der Waals surface area (Å²) in [7, 11) is 0. The van der Waals surface area contributed by atoms with Gasteiger partial charge in [0.05, 0.1) is 18.9 Å². The molecule has 0 aromatic carbocycles. The Morgan fingerprint density at radius 2 is 2.12 bits per heavy atom. The van der Waals surface area contributed by atoms with E-state index in [1.807, 2.05) is 0 Å². The van der Waals surface area contributed by atoms with Crippen molar-refractivity contribution < 1.29 is 9.84 Å². The van der Waals surface area contributed by atoms with E-state index in [9.17, 15) is 5.11 Å². The minimum absolute atomic E-state index is 0.0450. The van der Waals surface area contributed by atoms with E-state index in [2.05, 4.69) is 22.1 Å². The average Bonchev–Trinajstić information content (AvgIpc) is 3.28. The molecule has 1 atom stereocenters. The molecule has 0 spiro atoms. The summed E-state index contributed by atoms with van der Waals surface area (Å²) >= 11 is 0. The normalized spacial score (nSPS) is 25.2. The van der Waals surface area contributed by atoms with Crippen molar-refractivity contribution in [2.45, 2.75) is 64.6 Å². The lowest BCUT2D eigenvalue weighted by Crippen LogP contribution is -2.34. The van der Waals surface area contributed by atoms with Crippen molar-refractivity contribution in [3.8, 4) is 6.01 Å². The van der Waals surface area contributed by atoms with Gasteiger partial charge in [-0.15, -0.1) is 0 Å². The van der Waals surface area contributed by atoms with Crippen molar-refractivity contribution in [3.05, 3.63) is 11.3 Å². The summed E-state index contributed by atoms with van der Waals surface area (Å²) in [6.45, 7) is 5.70. The van der Waals surface area contributed by atoms with E-state index in [0.29, 0.717) is 18.7 Å². The van der Waals surface area contributed by atoms with Gasteiger partial charge in [0.2, 0.25) is 0 Å². The maximum absolute atomic E-state index is 9.47. The quantitative estimate of drug-likeness (QED) is 0.859. The molecule has 0 amide bonds. The van der Waals surface area contributed by atoms with Gasteiger partial charge in [-0.05, 0) is 32.6 Å². The average molecular weight is 332 g/mol. The largest absolute Gasteiger partial charge is 0.463 e. The van der Waals surface area contributed by atoms with E-state index < -0.39 is 0 Å². The Kier molecular flexibility index (Phi) is 4.35. The van der Waals surface area contributed by atoms with Crippen LogP contribution in [-0.2, 0) is 13.1 Å². The van der Waals surface area contributed by atoms with Gasteiger partial charge in [-0.1, -0.05) is 12.8 Å². The number of ether oxygens (including phenoxy) is 1. The Labute approximate surface area is 143 Å². The summed E-state index contributed by atoms with van der Waals surface area (Å²) in [5, 5.41) is 12.9. The zero-order chi connectivity index (χ0) is 16.6. The molecule has 4 rings (SSSR count). The highest BCUT2D eigenvalue weighted by atomic mass is 16.5. The smallest absolute Gasteiger partial charge is 0.318 e. The molecule has 132 valence electrons. The van der Waals surface area contributed by atoms with Crippen molar-refractivity contribution in [3.63, 3.8) is 0 Å². The van der Waals surface area contributed by atoms with Crippen LogP contribution in [0.2, 0.25) is 0 Å². The Morgan fingerprint density at radius 3 is 2.92 bits per heavy atom. The van der Waals surface area contributed by atoms with E-state index in [1.165, 1.54) is 31.2 Å². The van der Waals surface area contributed by atoms with Crippen molar-refractivity contribution in [2.75, 3.05) is 24.7 Å². The highest BCUT2D eigenvalue weighted by molar-refractivity contribution is 5.52. The van der Waals surface area contributed by atoms with E-state index in [0.717, 1.165) is 44.0 Å². The topological polar surface area (TPSA) is 70.5 Å². The first kappa shape index (κ1) is 16.1. The summed E-state index contributed by atoms with van der Waals surface area (Å²) in [6.07, 6.45) is 7.11. The third-order valence-corrected chi connectivity index (χ3v) is 5.77. The molecule has 1 aromatic heterocycles. The van der Waals surface area contributed by atoms with E-state index in [1.54, 1.807) is 0 Å². The lowest BCUT2D eigenvalue weighted by Gasteiger charge is -2.30. The molecule has 0 bridgehead atoms. The number of fused-ring (bicyclic) bond motifs is 1. The van der Waals surface area contributed by atoms with Gasteiger partial charge in [0.15, 0.2) is 0 Å². The summed E-state index contributed by atoms with van der Waals surface area (Å²) in [5.74, 6) is 1.06. The lowest BCUT2D eigenvalue weighted by atomic mass is 10.1. The first-order valence-electron chi connectivity index (χ1n) is 9.32. The van der Waals surface area contributed by atoms with Crippen LogP contribution in [0.25, 0.3) is 0 Å². The van der Waals surface area contributed by atoms with Gasteiger partial charge in [0.1, 0.15) is 5.82 Å². The fraction of sp³-hybridized carbons (Fsp3) is 0.778. The van der Waals surface area contributed by atoms with Crippen LogP contribution in [0.1, 0.15) is 56.7 Å². The maximum atomic E-state index is 9.47. The van der Waals surface area contributed by atoms with Gasteiger partial charge in [-0.2, -0.15) is 9.97 Å². The SMILES string of the molecule is CC1CCCCCN1c1nc(OCC2(CO)CC2)nc2c1CNC2. The molecule has 6 nitrogen and oxygen atoms in total. The van der Waals surface area contributed by atoms with Crippen molar-refractivity contribution in [2.24, 2.45) is 5.41 Å². The zero-order valence-electron chi connectivity index (χ0n) is 14.6. The molecule has 3 heterocycles. The van der Waals surface area contributed by atoms with Crippen molar-refractivity contribution in [1.29, 1.82) is 0 Å². The standard InChI is InChI=1S/C18H28N4O2/c1-13-5-3-2-4-8-22(13)16-14-9-19-10-15(14)20-17(21-16)24-12-18(11-23)6-7-18/h13,19,23H,2-12H2,1H3. The molecule has 1 aliphatic carbocycles. The van der Waals surface area contributed by atoms with Crippen LogP contribution < -0.4 is 15.0 Å². The van der Waals surface area contributed by atoms with Gasteiger partial charge < -0.3 is 20.1 Å².